The summed E-state index contributed by atoms with van der Waals surface area (Å²) in [5.41, 5.74) is 0.236. The van der Waals surface area contributed by atoms with Crippen molar-refractivity contribution in [2.45, 2.75) is 12.8 Å². The van der Waals surface area contributed by atoms with Gasteiger partial charge >= 0.3 is 0 Å². The number of amides is 1. The number of carbonyl (C=O) groups excluding carboxylic acids is 1. The lowest BCUT2D eigenvalue weighted by molar-refractivity contribution is 0.0608. The molecule has 1 aliphatic heterocycles. The van der Waals surface area contributed by atoms with Gasteiger partial charge < -0.3 is 9.64 Å². The van der Waals surface area contributed by atoms with Crippen LogP contribution in [0.3, 0.4) is 0 Å². The SMILES string of the molecule is COCC1CCN(C(=O)c2nc(Cl)ccc2Cl)CC1. The standard InChI is InChI=1S/C13H16Cl2N2O2/c1-19-8-9-4-6-17(7-5-9)13(18)12-10(14)2-3-11(15)16-12/h2-3,9H,4-8H2,1H3. The summed E-state index contributed by atoms with van der Waals surface area (Å²) < 4.78 is 5.14. The molecule has 1 aliphatic rings. The minimum atomic E-state index is -0.150. The van der Waals surface area contributed by atoms with Crippen molar-refractivity contribution in [3.63, 3.8) is 0 Å². The first kappa shape index (κ1) is 14.6. The quantitative estimate of drug-likeness (QED) is 0.806. The van der Waals surface area contributed by atoms with Gasteiger partial charge in [0.1, 0.15) is 10.8 Å². The van der Waals surface area contributed by atoms with Gasteiger partial charge in [-0.3, -0.25) is 4.79 Å². The van der Waals surface area contributed by atoms with Crippen LogP contribution in [0.1, 0.15) is 23.3 Å². The molecular formula is C13H16Cl2N2O2. The first-order chi connectivity index (χ1) is 9.11. The van der Waals surface area contributed by atoms with E-state index < -0.39 is 0 Å². The monoisotopic (exact) mass is 302 g/mol. The highest BCUT2D eigenvalue weighted by Crippen LogP contribution is 2.22. The Balaban J connectivity index is 2.03. The smallest absolute Gasteiger partial charge is 0.274 e. The number of likely N-dealkylation sites (tertiary alicyclic amines) is 1. The van der Waals surface area contributed by atoms with Crippen molar-refractivity contribution in [2.75, 3.05) is 26.8 Å². The highest BCUT2D eigenvalue weighted by atomic mass is 35.5. The Morgan fingerprint density at radius 1 is 1.42 bits per heavy atom. The zero-order valence-electron chi connectivity index (χ0n) is 10.7. The molecule has 0 N–H and O–H groups in total. The van der Waals surface area contributed by atoms with Gasteiger partial charge in [-0.25, -0.2) is 4.98 Å². The van der Waals surface area contributed by atoms with E-state index in [-0.39, 0.29) is 16.8 Å². The number of rotatable bonds is 3. The van der Waals surface area contributed by atoms with Gasteiger partial charge in [-0.05, 0) is 30.9 Å². The second-order valence-corrected chi connectivity index (χ2v) is 5.45. The number of aromatic nitrogens is 1. The fourth-order valence-corrected chi connectivity index (χ4v) is 2.59. The van der Waals surface area contributed by atoms with Crippen LogP contribution in [-0.2, 0) is 4.74 Å². The maximum absolute atomic E-state index is 12.3. The third-order valence-corrected chi connectivity index (χ3v) is 3.83. The van der Waals surface area contributed by atoms with Gasteiger partial charge in [0.2, 0.25) is 0 Å². The highest BCUT2D eigenvalue weighted by molar-refractivity contribution is 6.34. The molecule has 0 aromatic carbocycles. The minimum absolute atomic E-state index is 0.150. The molecule has 0 saturated carbocycles. The molecule has 2 rings (SSSR count). The number of hydrogen-bond acceptors (Lipinski definition) is 3. The molecule has 104 valence electrons. The molecular weight excluding hydrogens is 287 g/mol. The van der Waals surface area contributed by atoms with E-state index in [0.29, 0.717) is 24.0 Å². The normalized spacial score (nSPS) is 16.7. The van der Waals surface area contributed by atoms with Crippen LogP contribution < -0.4 is 0 Å². The second kappa shape index (κ2) is 6.55. The van der Waals surface area contributed by atoms with Crippen LogP contribution in [0.15, 0.2) is 12.1 Å². The van der Waals surface area contributed by atoms with Crippen molar-refractivity contribution in [3.05, 3.63) is 28.0 Å². The lowest BCUT2D eigenvalue weighted by Crippen LogP contribution is -2.39. The number of methoxy groups -OCH3 is 1. The number of carbonyl (C=O) groups is 1. The fourth-order valence-electron chi connectivity index (χ4n) is 2.26. The minimum Gasteiger partial charge on any atom is -0.384 e. The fraction of sp³-hybridized carbons (Fsp3) is 0.538. The number of piperidine rings is 1. The summed E-state index contributed by atoms with van der Waals surface area (Å²) in [5.74, 6) is 0.375. The van der Waals surface area contributed by atoms with Crippen molar-refractivity contribution in [1.82, 2.24) is 9.88 Å². The van der Waals surface area contributed by atoms with E-state index in [1.54, 1.807) is 24.1 Å². The summed E-state index contributed by atoms with van der Waals surface area (Å²) in [6.07, 6.45) is 1.88. The van der Waals surface area contributed by atoms with Gasteiger partial charge in [-0.15, -0.1) is 0 Å². The number of nitrogens with zero attached hydrogens (tertiary/aromatic N) is 2. The molecule has 0 atom stereocenters. The number of halogens is 2. The summed E-state index contributed by atoms with van der Waals surface area (Å²) in [6.45, 7) is 2.16. The van der Waals surface area contributed by atoms with E-state index in [1.807, 2.05) is 0 Å². The first-order valence-corrected chi connectivity index (χ1v) is 6.97. The zero-order chi connectivity index (χ0) is 13.8. The molecule has 0 spiro atoms. The van der Waals surface area contributed by atoms with Gasteiger partial charge in [0.05, 0.1) is 5.02 Å². The summed E-state index contributed by atoms with van der Waals surface area (Å²) in [7, 11) is 1.70. The number of pyridine rings is 1. The average Bonchev–Trinajstić information content (AvgIpc) is 2.42. The maximum atomic E-state index is 12.3. The van der Waals surface area contributed by atoms with Crippen LogP contribution in [0.2, 0.25) is 10.2 Å². The Kier molecular flexibility index (Phi) is 5.02. The third kappa shape index (κ3) is 3.59. The summed E-state index contributed by atoms with van der Waals surface area (Å²) in [4.78, 5) is 18.1. The van der Waals surface area contributed by atoms with Gasteiger partial charge in [0.15, 0.2) is 0 Å². The molecule has 2 heterocycles. The van der Waals surface area contributed by atoms with Crippen molar-refractivity contribution in [2.24, 2.45) is 5.92 Å². The second-order valence-electron chi connectivity index (χ2n) is 4.66. The molecule has 1 fully saturated rings. The van der Waals surface area contributed by atoms with Crippen LogP contribution in [0.5, 0.6) is 0 Å². The molecule has 1 saturated heterocycles. The largest absolute Gasteiger partial charge is 0.384 e. The molecule has 1 amide bonds. The Hall–Kier alpha value is -0.840. The molecule has 1 aromatic rings. The van der Waals surface area contributed by atoms with E-state index in [2.05, 4.69) is 4.98 Å². The van der Waals surface area contributed by atoms with Crippen molar-refractivity contribution >= 4 is 29.1 Å². The molecule has 0 bridgehead atoms. The first-order valence-electron chi connectivity index (χ1n) is 6.22. The van der Waals surface area contributed by atoms with E-state index in [0.717, 1.165) is 19.4 Å². The molecule has 0 aliphatic carbocycles. The van der Waals surface area contributed by atoms with Gasteiger partial charge in [-0.2, -0.15) is 0 Å². The Bertz CT molecular complexity index is 460. The van der Waals surface area contributed by atoms with E-state index in [9.17, 15) is 4.79 Å². The maximum Gasteiger partial charge on any atom is 0.274 e. The van der Waals surface area contributed by atoms with E-state index in [4.69, 9.17) is 27.9 Å². The van der Waals surface area contributed by atoms with E-state index >= 15 is 0 Å². The topological polar surface area (TPSA) is 42.4 Å². The molecule has 6 heteroatoms. The third-order valence-electron chi connectivity index (χ3n) is 3.32. The van der Waals surface area contributed by atoms with Gasteiger partial charge in [-0.1, -0.05) is 23.2 Å². The molecule has 0 radical (unpaired) electrons. The van der Waals surface area contributed by atoms with Crippen molar-refractivity contribution in [3.8, 4) is 0 Å². The average molecular weight is 303 g/mol. The molecule has 1 aromatic heterocycles. The van der Waals surface area contributed by atoms with Crippen LogP contribution in [0.4, 0.5) is 0 Å². The molecule has 19 heavy (non-hydrogen) atoms. The Morgan fingerprint density at radius 2 is 2.11 bits per heavy atom. The number of ether oxygens (including phenoxy) is 1. The number of hydrogen-bond donors (Lipinski definition) is 0. The summed E-state index contributed by atoms with van der Waals surface area (Å²) in [5, 5.41) is 0.621. The van der Waals surface area contributed by atoms with Crippen LogP contribution in [0, 0.1) is 5.92 Å². The Labute approximate surface area is 122 Å². The summed E-state index contributed by atoms with van der Waals surface area (Å²) in [6, 6.07) is 3.17. The highest BCUT2D eigenvalue weighted by Gasteiger charge is 2.25. The Morgan fingerprint density at radius 3 is 2.74 bits per heavy atom. The van der Waals surface area contributed by atoms with Crippen molar-refractivity contribution in [1.29, 1.82) is 0 Å². The molecule has 4 nitrogen and oxygen atoms in total. The van der Waals surface area contributed by atoms with Gasteiger partial charge in [0.25, 0.3) is 5.91 Å². The predicted molar refractivity (Wildman–Crippen MR) is 74.8 cm³/mol. The van der Waals surface area contributed by atoms with Crippen LogP contribution in [-0.4, -0.2) is 42.6 Å². The van der Waals surface area contributed by atoms with Crippen molar-refractivity contribution < 1.29 is 9.53 Å². The van der Waals surface area contributed by atoms with Crippen LogP contribution in [0.25, 0.3) is 0 Å². The van der Waals surface area contributed by atoms with Gasteiger partial charge in [0, 0.05) is 26.8 Å². The molecule has 0 unspecified atom stereocenters. The lowest BCUT2D eigenvalue weighted by Gasteiger charge is -2.31. The van der Waals surface area contributed by atoms with Crippen LogP contribution >= 0.6 is 23.2 Å². The summed E-state index contributed by atoms with van der Waals surface area (Å²) >= 11 is 11.8. The van der Waals surface area contributed by atoms with E-state index in [1.165, 1.54) is 0 Å². The zero-order valence-corrected chi connectivity index (χ0v) is 12.2. The predicted octanol–water partition coefficient (Wildman–Crippen LogP) is 2.89. The lowest BCUT2D eigenvalue weighted by atomic mass is 9.97.